The first-order chi connectivity index (χ1) is 18.2. The summed E-state index contributed by atoms with van der Waals surface area (Å²) in [6.45, 7) is 15.5. The zero-order valence-corrected chi connectivity index (χ0v) is 25.0. The Morgan fingerprint density at radius 3 is 2.15 bits per heavy atom. The number of unbranched alkanes of at least 4 members (excludes halogenated alkanes) is 2. The molecule has 214 valence electrons. The fourth-order valence-corrected chi connectivity index (χ4v) is 4.35. The lowest BCUT2D eigenvalue weighted by Crippen LogP contribution is -2.55. The van der Waals surface area contributed by atoms with E-state index in [-0.39, 0.29) is 18.2 Å². The average molecular weight is 538 g/mol. The lowest BCUT2D eigenvalue weighted by molar-refractivity contribution is -0.143. The number of hydrogen-bond acceptors (Lipinski definition) is 4. The largest absolute Gasteiger partial charge is 0.444 e. The highest BCUT2D eigenvalue weighted by Crippen LogP contribution is 2.26. The molecule has 39 heavy (non-hydrogen) atoms. The summed E-state index contributed by atoms with van der Waals surface area (Å²) < 4.78 is 5.51. The van der Waals surface area contributed by atoms with Gasteiger partial charge in [0.05, 0.1) is 0 Å². The molecule has 0 bridgehead atoms. The Morgan fingerprint density at radius 1 is 0.923 bits per heavy atom. The van der Waals surface area contributed by atoms with Gasteiger partial charge in [0.2, 0.25) is 11.8 Å². The molecule has 0 saturated carbocycles. The molecule has 0 aliphatic heterocycles. The number of amides is 3. The fourth-order valence-electron chi connectivity index (χ4n) is 4.35. The van der Waals surface area contributed by atoms with Crippen LogP contribution >= 0.6 is 0 Å². The van der Waals surface area contributed by atoms with Crippen LogP contribution in [0, 0.1) is 6.92 Å². The summed E-state index contributed by atoms with van der Waals surface area (Å²) >= 11 is 0. The molecule has 2 N–H and O–H groups in total. The molecule has 2 aromatic carbocycles. The minimum Gasteiger partial charge on any atom is -0.444 e. The second-order valence-electron chi connectivity index (χ2n) is 12.2. The second kappa shape index (κ2) is 14.2. The first-order valence-corrected chi connectivity index (χ1v) is 13.9. The number of aryl methyl sites for hydroxylation is 1. The molecule has 0 fully saturated rings. The molecular weight excluding hydrogens is 490 g/mol. The summed E-state index contributed by atoms with van der Waals surface area (Å²) in [6.07, 6.45) is 2.21. The molecule has 7 heteroatoms. The number of carbonyl (C=O) groups is 3. The molecule has 3 amide bonds. The van der Waals surface area contributed by atoms with Crippen LogP contribution in [0.2, 0.25) is 0 Å². The summed E-state index contributed by atoms with van der Waals surface area (Å²) in [5, 5.41) is 5.89. The third-order valence-electron chi connectivity index (χ3n) is 5.97. The molecule has 2 rings (SSSR count). The van der Waals surface area contributed by atoms with Gasteiger partial charge in [-0.25, -0.2) is 4.79 Å². The average Bonchev–Trinajstić information content (AvgIpc) is 2.81. The van der Waals surface area contributed by atoms with Gasteiger partial charge in [-0.15, -0.1) is 0 Å². The Hall–Kier alpha value is -3.35. The van der Waals surface area contributed by atoms with Crippen molar-refractivity contribution in [2.24, 2.45) is 0 Å². The summed E-state index contributed by atoms with van der Waals surface area (Å²) in [6, 6.07) is 15.5. The van der Waals surface area contributed by atoms with E-state index in [2.05, 4.69) is 17.6 Å². The van der Waals surface area contributed by atoms with Gasteiger partial charge in [-0.3, -0.25) is 9.59 Å². The number of rotatable bonds is 11. The van der Waals surface area contributed by atoms with Crippen molar-refractivity contribution >= 4 is 17.9 Å². The molecule has 2 unspecified atom stereocenters. The van der Waals surface area contributed by atoms with Crippen molar-refractivity contribution in [2.45, 2.75) is 104 Å². The van der Waals surface area contributed by atoms with Crippen LogP contribution in [0.25, 0.3) is 0 Å². The van der Waals surface area contributed by atoms with Crippen molar-refractivity contribution in [3.05, 3.63) is 71.3 Å². The highest BCUT2D eigenvalue weighted by molar-refractivity contribution is 5.92. The van der Waals surface area contributed by atoms with Gasteiger partial charge in [-0.1, -0.05) is 79.9 Å². The zero-order chi connectivity index (χ0) is 29.2. The highest BCUT2D eigenvalue weighted by Gasteiger charge is 2.37. The van der Waals surface area contributed by atoms with Crippen LogP contribution in [0.5, 0.6) is 0 Å². The zero-order valence-electron chi connectivity index (χ0n) is 25.0. The maximum Gasteiger partial charge on any atom is 0.408 e. The molecule has 0 aromatic heterocycles. The Morgan fingerprint density at radius 2 is 1.59 bits per heavy atom. The normalized spacial score (nSPS) is 13.2. The molecule has 0 aliphatic carbocycles. The number of nitrogens with zero attached hydrogens (tertiary/aromatic N) is 1. The van der Waals surface area contributed by atoms with E-state index in [1.807, 2.05) is 82.3 Å². The van der Waals surface area contributed by atoms with Gasteiger partial charge in [0.1, 0.15) is 17.7 Å². The Kier molecular flexibility index (Phi) is 11.6. The smallest absolute Gasteiger partial charge is 0.408 e. The number of hydrogen-bond donors (Lipinski definition) is 2. The summed E-state index contributed by atoms with van der Waals surface area (Å²) in [5.41, 5.74) is 1.41. The Bertz CT molecular complexity index is 1090. The van der Waals surface area contributed by atoms with E-state index in [1.54, 1.807) is 25.7 Å². The quantitative estimate of drug-likeness (QED) is 0.339. The van der Waals surface area contributed by atoms with E-state index >= 15 is 0 Å². The van der Waals surface area contributed by atoms with Crippen molar-refractivity contribution in [3.63, 3.8) is 0 Å². The third-order valence-corrected chi connectivity index (χ3v) is 5.97. The Balaban J connectivity index is 2.57. The molecule has 0 spiro atoms. The molecule has 0 radical (unpaired) electrons. The molecule has 7 nitrogen and oxygen atoms in total. The predicted octanol–water partition coefficient (Wildman–Crippen LogP) is 6.11. The predicted molar refractivity (Wildman–Crippen MR) is 156 cm³/mol. The van der Waals surface area contributed by atoms with E-state index in [1.165, 1.54) is 0 Å². The van der Waals surface area contributed by atoms with Crippen molar-refractivity contribution < 1.29 is 19.1 Å². The lowest BCUT2D eigenvalue weighted by atomic mass is 9.97. The van der Waals surface area contributed by atoms with Crippen LogP contribution in [-0.2, 0) is 20.7 Å². The molecule has 2 atom stereocenters. The van der Waals surface area contributed by atoms with Crippen molar-refractivity contribution in [2.75, 3.05) is 6.54 Å². The molecule has 0 saturated heterocycles. The van der Waals surface area contributed by atoms with Crippen LogP contribution in [0.4, 0.5) is 4.79 Å². The maximum atomic E-state index is 14.4. The number of nitrogens with one attached hydrogen (secondary N) is 2. The topological polar surface area (TPSA) is 87.7 Å². The van der Waals surface area contributed by atoms with Crippen LogP contribution in [0.15, 0.2) is 54.6 Å². The van der Waals surface area contributed by atoms with Crippen molar-refractivity contribution in [1.82, 2.24) is 15.5 Å². The van der Waals surface area contributed by atoms with Crippen LogP contribution in [0.1, 0.15) is 90.5 Å². The summed E-state index contributed by atoms with van der Waals surface area (Å²) in [4.78, 5) is 42.7. The third kappa shape index (κ3) is 11.1. The van der Waals surface area contributed by atoms with Gasteiger partial charge in [0, 0.05) is 18.5 Å². The first kappa shape index (κ1) is 31.9. The molecule has 0 aliphatic rings. The maximum absolute atomic E-state index is 14.4. The number of alkyl carbamates (subject to hydrolysis) is 1. The fraction of sp³-hybridized carbons (Fsp3) is 0.531. The van der Waals surface area contributed by atoms with Gasteiger partial charge in [0.15, 0.2) is 0 Å². The van der Waals surface area contributed by atoms with Crippen LogP contribution < -0.4 is 10.6 Å². The highest BCUT2D eigenvalue weighted by atomic mass is 16.6. The van der Waals surface area contributed by atoms with Crippen molar-refractivity contribution in [1.29, 1.82) is 0 Å². The van der Waals surface area contributed by atoms with E-state index in [9.17, 15) is 14.4 Å². The monoisotopic (exact) mass is 537 g/mol. The van der Waals surface area contributed by atoms with Crippen molar-refractivity contribution in [3.8, 4) is 0 Å². The first-order valence-electron chi connectivity index (χ1n) is 13.9. The number of carbonyl (C=O) groups excluding carboxylic acids is 3. The lowest BCUT2D eigenvalue weighted by Gasteiger charge is -2.36. The second-order valence-corrected chi connectivity index (χ2v) is 12.2. The summed E-state index contributed by atoms with van der Waals surface area (Å²) in [5.74, 6) is -0.579. The number of benzene rings is 2. The van der Waals surface area contributed by atoms with Gasteiger partial charge >= 0.3 is 6.09 Å². The van der Waals surface area contributed by atoms with Gasteiger partial charge in [-0.2, -0.15) is 0 Å². The van der Waals surface area contributed by atoms with Gasteiger partial charge in [-0.05, 0) is 66.0 Å². The standard InChI is InChI=1S/C32H47N3O4/c1-9-10-14-20-35(27(28(36)34-31(3,4)5)25-19-15-16-23(2)21-25)29(37)26(22-24-17-12-11-13-18-24)33-30(38)39-32(6,7)8/h11-13,15-19,21,26-27H,9-10,14,20,22H2,1-8H3,(H,33,38)(H,34,36). The summed E-state index contributed by atoms with van der Waals surface area (Å²) in [7, 11) is 0. The molecule has 2 aromatic rings. The minimum atomic E-state index is -0.918. The van der Waals surface area contributed by atoms with Gasteiger partial charge < -0.3 is 20.3 Å². The van der Waals surface area contributed by atoms with Gasteiger partial charge in [0.25, 0.3) is 0 Å². The Labute approximate surface area is 234 Å². The van der Waals surface area contributed by atoms with E-state index in [0.717, 1.165) is 36.0 Å². The van der Waals surface area contributed by atoms with Crippen LogP contribution in [-0.4, -0.2) is 46.5 Å². The van der Waals surface area contributed by atoms with E-state index < -0.39 is 29.3 Å². The SMILES string of the molecule is CCCCCN(C(=O)C(Cc1ccccc1)NC(=O)OC(C)(C)C)C(C(=O)NC(C)(C)C)c1cccc(C)c1. The van der Waals surface area contributed by atoms with E-state index in [4.69, 9.17) is 4.74 Å². The molecular formula is C32H47N3O4. The number of ether oxygens (including phenoxy) is 1. The molecule has 0 heterocycles. The minimum absolute atomic E-state index is 0.256. The van der Waals surface area contributed by atoms with Crippen LogP contribution in [0.3, 0.4) is 0 Å². The van der Waals surface area contributed by atoms with E-state index in [0.29, 0.717) is 6.54 Å².